The van der Waals surface area contributed by atoms with E-state index in [-0.39, 0.29) is 11.6 Å². The first kappa shape index (κ1) is 23.9. The molecule has 0 radical (unpaired) electrons. The number of amides is 1. The van der Waals surface area contributed by atoms with Crippen LogP contribution in [0.4, 0.5) is 18.9 Å². The third-order valence-corrected chi connectivity index (χ3v) is 6.90. The van der Waals surface area contributed by atoms with Gasteiger partial charge in [0.1, 0.15) is 11.4 Å². The molecule has 34 heavy (non-hydrogen) atoms. The number of pyridine rings is 2. The molecule has 1 aromatic carbocycles. The molecule has 0 unspecified atom stereocenters. The van der Waals surface area contributed by atoms with Crippen molar-refractivity contribution in [2.45, 2.75) is 56.7 Å². The Morgan fingerprint density at radius 3 is 2.59 bits per heavy atom. The van der Waals surface area contributed by atoms with Gasteiger partial charge in [0.05, 0.1) is 29.0 Å². The van der Waals surface area contributed by atoms with Gasteiger partial charge in [-0.1, -0.05) is 18.2 Å². The predicted molar refractivity (Wildman–Crippen MR) is 123 cm³/mol. The van der Waals surface area contributed by atoms with Crippen LogP contribution in [0.15, 0.2) is 42.7 Å². The number of carbonyl (C=O) groups excluding carboxylic acids is 1. The van der Waals surface area contributed by atoms with E-state index in [9.17, 15) is 23.1 Å². The fourth-order valence-electron chi connectivity index (χ4n) is 4.69. The Bertz CT molecular complexity index is 1180. The van der Waals surface area contributed by atoms with E-state index in [2.05, 4.69) is 15.3 Å². The van der Waals surface area contributed by atoms with Crippen LogP contribution >= 0.6 is 0 Å². The second-order valence-electron chi connectivity index (χ2n) is 8.85. The van der Waals surface area contributed by atoms with E-state index in [1.54, 1.807) is 43.4 Å². The molecule has 0 aliphatic heterocycles. The fraction of sp³-hybridized carbons (Fsp3) is 0.400. The first-order valence-electron chi connectivity index (χ1n) is 11.2. The molecule has 180 valence electrons. The number of nitrogens with one attached hydrogen (secondary N) is 1. The molecule has 1 atom stereocenters. The standard InChI is InChI=1S/C25H27F3N4O2/c1-15(17-4-3-5-18(23(17)26)24(27)28)32(2)21-8-11-29-20-13-30-22(12-19(20)21)25(34)9-6-16(7-10-25)31-14-33/h3-5,8,11-16,24,34H,6-7,9-10H2,1-2H3,(H,31,33)/t15-,16?,25?/m1/s1. The number of anilines is 1. The fourth-order valence-corrected chi connectivity index (χ4v) is 4.69. The average molecular weight is 473 g/mol. The molecule has 2 heterocycles. The zero-order chi connectivity index (χ0) is 24.5. The number of alkyl halides is 2. The Morgan fingerprint density at radius 1 is 1.21 bits per heavy atom. The van der Waals surface area contributed by atoms with Gasteiger partial charge in [-0.3, -0.25) is 14.8 Å². The van der Waals surface area contributed by atoms with Crippen LogP contribution < -0.4 is 10.2 Å². The summed E-state index contributed by atoms with van der Waals surface area (Å²) >= 11 is 0. The first-order valence-corrected chi connectivity index (χ1v) is 11.2. The van der Waals surface area contributed by atoms with Gasteiger partial charge >= 0.3 is 0 Å². The number of benzene rings is 1. The topological polar surface area (TPSA) is 78.3 Å². The minimum Gasteiger partial charge on any atom is -0.384 e. The van der Waals surface area contributed by atoms with Gasteiger partial charge in [0.15, 0.2) is 0 Å². The van der Waals surface area contributed by atoms with Gasteiger partial charge < -0.3 is 15.3 Å². The zero-order valence-electron chi connectivity index (χ0n) is 19.0. The summed E-state index contributed by atoms with van der Waals surface area (Å²) < 4.78 is 41.2. The minimum atomic E-state index is -2.90. The summed E-state index contributed by atoms with van der Waals surface area (Å²) in [5.74, 6) is -0.910. The van der Waals surface area contributed by atoms with Crippen LogP contribution in [0.2, 0.25) is 0 Å². The summed E-state index contributed by atoms with van der Waals surface area (Å²) in [5, 5.41) is 14.8. The highest BCUT2D eigenvalue weighted by atomic mass is 19.3. The quantitative estimate of drug-likeness (QED) is 0.484. The minimum absolute atomic E-state index is 0.0290. The molecule has 1 aliphatic carbocycles. The summed E-state index contributed by atoms with van der Waals surface area (Å²) in [6.07, 6.45) is 3.15. The molecule has 1 aliphatic rings. The van der Waals surface area contributed by atoms with Crippen molar-refractivity contribution in [3.05, 3.63) is 65.4 Å². The summed E-state index contributed by atoms with van der Waals surface area (Å²) in [4.78, 5) is 21.3. The van der Waals surface area contributed by atoms with E-state index < -0.39 is 29.4 Å². The van der Waals surface area contributed by atoms with E-state index >= 15 is 0 Å². The third kappa shape index (κ3) is 4.44. The maximum Gasteiger partial charge on any atom is 0.266 e. The van der Waals surface area contributed by atoms with Gasteiger partial charge in [-0.05, 0) is 44.7 Å². The lowest BCUT2D eigenvalue weighted by Gasteiger charge is -2.35. The van der Waals surface area contributed by atoms with Crippen LogP contribution in [0.5, 0.6) is 0 Å². The van der Waals surface area contributed by atoms with Crippen LogP contribution in [0.1, 0.15) is 61.9 Å². The van der Waals surface area contributed by atoms with E-state index in [4.69, 9.17) is 0 Å². The SMILES string of the molecule is C[C@H](c1cccc(C(F)F)c1F)N(C)c1ccnc2cnc(C3(O)CCC(NC=O)CC3)cc12. The van der Waals surface area contributed by atoms with E-state index in [1.807, 2.05) is 0 Å². The summed E-state index contributed by atoms with van der Waals surface area (Å²) in [6, 6.07) is 7.08. The Labute approximate surface area is 195 Å². The number of aromatic nitrogens is 2. The molecule has 0 bridgehead atoms. The van der Waals surface area contributed by atoms with Crippen molar-refractivity contribution < 1.29 is 23.1 Å². The number of hydrogen-bond donors (Lipinski definition) is 2. The van der Waals surface area contributed by atoms with E-state index in [0.29, 0.717) is 54.4 Å². The molecule has 9 heteroatoms. The second kappa shape index (κ2) is 9.58. The number of aliphatic hydroxyl groups is 1. The largest absolute Gasteiger partial charge is 0.384 e. The highest BCUT2D eigenvalue weighted by molar-refractivity contribution is 5.91. The van der Waals surface area contributed by atoms with Gasteiger partial charge in [0.25, 0.3) is 6.43 Å². The molecule has 0 saturated heterocycles. The zero-order valence-corrected chi connectivity index (χ0v) is 19.0. The number of rotatable bonds is 7. The summed E-state index contributed by atoms with van der Waals surface area (Å²) in [5.41, 5.74) is 0.227. The van der Waals surface area contributed by atoms with E-state index in [1.165, 1.54) is 12.1 Å². The number of nitrogens with zero attached hydrogens (tertiary/aromatic N) is 3. The molecule has 1 fully saturated rings. The lowest BCUT2D eigenvalue weighted by molar-refractivity contribution is -0.111. The number of hydrogen-bond acceptors (Lipinski definition) is 5. The number of carbonyl (C=O) groups is 1. The average Bonchev–Trinajstić information content (AvgIpc) is 2.84. The lowest BCUT2D eigenvalue weighted by Crippen LogP contribution is -2.39. The van der Waals surface area contributed by atoms with Gasteiger partial charge in [0, 0.05) is 35.9 Å². The summed E-state index contributed by atoms with van der Waals surface area (Å²) in [6.45, 7) is 1.75. The van der Waals surface area contributed by atoms with Crippen LogP contribution in [0.3, 0.4) is 0 Å². The molecule has 2 N–H and O–H groups in total. The van der Waals surface area contributed by atoms with Gasteiger partial charge in [-0.15, -0.1) is 0 Å². The van der Waals surface area contributed by atoms with Gasteiger partial charge in [-0.2, -0.15) is 0 Å². The van der Waals surface area contributed by atoms with Gasteiger partial charge in [-0.25, -0.2) is 13.2 Å². The van der Waals surface area contributed by atoms with Crippen LogP contribution in [-0.4, -0.2) is 34.6 Å². The van der Waals surface area contributed by atoms with Crippen LogP contribution in [-0.2, 0) is 10.4 Å². The van der Waals surface area contributed by atoms with Gasteiger partial charge in [0.2, 0.25) is 6.41 Å². The molecule has 3 aromatic rings. The second-order valence-corrected chi connectivity index (χ2v) is 8.85. The first-order chi connectivity index (χ1) is 16.2. The molecule has 1 saturated carbocycles. The van der Waals surface area contributed by atoms with Crippen molar-refractivity contribution in [2.24, 2.45) is 0 Å². The van der Waals surface area contributed by atoms with Crippen molar-refractivity contribution in [1.82, 2.24) is 15.3 Å². The number of halogens is 3. The molecule has 4 rings (SSSR count). The Hall–Kier alpha value is -3.20. The maximum absolute atomic E-state index is 14.8. The van der Waals surface area contributed by atoms with Crippen molar-refractivity contribution in [3.63, 3.8) is 0 Å². The molecule has 6 nitrogen and oxygen atoms in total. The molecular weight excluding hydrogens is 445 g/mol. The molecule has 0 spiro atoms. The third-order valence-electron chi connectivity index (χ3n) is 6.90. The molecule has 2 aromatic heterocycles. The highest BCUT2D eigenvalue weighted by Gasteiger charge is 2.36. The van der Waals surface area contributed by atoms with Crippen molar-refractivity contribution in [2.75, 3.05) is 11.9 Å². The van der Waals surface area contributed by atoms with Crippen molar-refractivity contribution >= 4 is 23.0 Å². The van der Waals surface area contributed by atoms with E-state index in [0.717, 1.165) is 6.07 Å². The highest BCUT2D eigenvalue weighted by Crippen LogP contribution is 2.39. The molecule has 1 amide bonds. The van der Waals surface area contributed by atoms with Crippen LogP contribution in [0, 0.1) is 5.82 Å². The Kier molecular flexibility index (Phi) is 6.74. The monoisotopic (exact) mass is 472 g/mol. The van der Waals surface area contributed by atoms with Crippen molar-refractivity contribution in [3.8, 4) is 0 Å². The molecular formula is C25H27F3N4O2. The number of fused-ring (bicyclic) bond motifs is 1. The van der Waals surface area contributed by atoms with Crippen molar-refractivity contribution in [1.29, 1.82) is 0 Å². The normalized spacial score (nSPS) is 21.4. The Balaban J connectivity index is 1.68. The lowest BCUT2D eigenvalue weighted by atomic mass is 9.79. The predicted octanol–water partition coefficient (Wildman–Crippen LogP) is 4.78. The smallest absolute Gasteiger partial charge is 0.266 e. The van der Waals surface area contributed by atoms with Crippen LogP contribution in [0.25, 0.3) is 10.9 Å². The maximum atomic E-state index is 14.8. The summed E-state index contributed by atoms with van der Waals surface area (Å²) in [7, 11) is 1.76. The Morgan fingerprint density at radius 2 is 1.91 bits per heavy atom.